The number of hydrogen-bond acceptors (Lipinski definition) is 6. The van der Waals surface area contributed by atoms with Gasteiger partial charge in [0.25, 0.3) is 5.56 Å². The maximum absolute atomic E-state index is 12.7. The summed E-state index contributed by atoms with van der Waals surface area (Å²) in [5.41, 5.74) is 0.328. The lowest BCUT2D eigenvalue weighted by Crippen LogP contribution is -2.43. The largest absolute Gasteiger partial charge is 0.357 e. The van der Waals surface area contributed by atoms with Crippen molar-refractivity contribution in [3.05, 3.63) is 51.1 Å². The van der Waals surface area contributed by atoms with E-state index in [1.165, 1.54) is 43.6 Å². The van der Waals surface area contributed by atoms with Gasteiger partial charge >= 0.3 is 5.69 Å². The molecule has 4 heterocycles. The number of aryl methyl sites for hydroxylation is 2. The van der Waals surface area contributed by atoms with Crippen LogP contribution < -0.4 is 21.5 Å². The van der Waals surface area contributed by atoms with Crippen LogP contribution in [0.2, 0.25) is 0 Å². The molecular formula is C21H27N7O3. The van der Waals surface area contributed by atoms with Gasteiger partial charge in [0.1, 0.15) is 12.4 Å². The highest BCUT2D eigenvalue weighted by Crippen LogP contribution is 2.17. The Balaban J connectivity index is 1.42. The number of pyridine rings is 1. The van der Waals surface area contributed by atoms with Gasteiger partial charge in [0.2, 0.25) is 5.91 Å². The van der Waals surface area contributed by atoms with Crippen molar-refractivity contribution in [3.63, 3.8) is 0 Å². The van der Waals surface area contributed by atoms with Crippen LogP contribution in [-0.4, -0.2) is 42.7 Å². The number of carbonyl (C=O) groups excluding carboxylic acids is 1. The molecule has 0 saturated carbocycles. The number of aromatic nitrogens is 5. The van der Waals surface area contributed by atoms with E-state index in [4.69, 9.17) is 0 Å². The summed E-state index contributed by atoms with van der Waals surface area (Å²) in [6.45, 7) is 1.96. The minimum atomic E-state index is -0.574. The van der Waals surface area contributed by atoms with Crippen molar-refractivity contribution in [2.24, 2.45) is 14.1 Å². The van der Waals surface area contributed by atoms with Crippen LogP contribution in [0.15, 0.2) is 34.2 Å². The third-order valence-corrected chi connectivity index (χ3v) is 5.73. The Labute approximate surface area is 179 Å². The zero-order valence-corrected chi connectivity index (χ0v) is 17.9. The van der Waals surface area contributed by atoms with Gasteiger partial charge in [0, 0.05) is 39.9 Å². The Morgan fingerprint density at radius 2 is 1.81 bits per heavy atom. The van der Waals surface area contributed by atoms with Crippen LogP contribution in [0.4, 0.5) is 5.82 Å². The molecule has 0 aromatic carbocycles. The van der Waals surface area contributed by atoms with E-state index in [1.807, 2.05) is 12.1 Å². The van der Waals surface area contributed by atoms with E-state index >= 15 is 0 Å². The van der Waals surface area contributed by atoms with Crippen molar-refractivity contribution in [3.8, 4) is 0 Å². The predicted octanol–water partition coefficient (Wildman–Crippen LogP) is 0.526. The molecule has 10 nitrogen and oxygen atoms in total. The van der Waals surface area contributed by atoms with Gasteiger partial charge in [-0.05, 0) is 24.5 Å². The fraction of sp³-hybridized carbons (Fsp3) is 0.476. The number of carbonyl (C=O) groups is 1. The zero-order chi connectivity index (χ0) is 22.0. The van der Waals surface area contributed by atoms with Crippen LogP contribution in [0.5, 0.6) is 0 Å². The van der Waals surface area contributed by atoms with E-state index in [2.05, 4.69) is 20.2 Å². The molecule has 3 aromatic rings. The number of nitrogens with zero attached hydrogens (tertiary/aromatic N) is 6. The Morgan fingerprint density at radius 3 is 2.48 bits per heavy atom. The standard InChI is InChI=1S/C21H27N7O3/c1-25-14-24-19-18(25)20(30)28(21(31)26(19)2)13-17(29)23-12-15-7-8-16(22-11-15)27-9-5-3-4-6-10-27/h7-8,11,14H,3-6,9-10,12-13H2,1-2H3,(H,23,29). The lowest BCUT2D eigenvalue weighted by molar-refractivity contribution is -0.121. The highest BCUT2D eigenvalue weighted by molar-refractivity contribution is 5.76. The van der Waals surface area contributed by atoms with E-state index < -0.39 is 17.2 Å². The second kappa shape index (κ2) is 8.75. The van der Waals surface area contributed by atoms with Gasteiger partial charge < -0.3 is 14.8 Å². The monoisotopic (exact) mass is 425 g/mol. The van der Waals surface area contributed by atoms with Gasteiger partial charge in [-0.3, -0.25) is 14.2 Å². The summed E-state index contributed by atoms with van der Waals surface area (Å²) >= 11 is 0. The average Bonchev–Trinajstić information content (AvgIpc) is 2.98. The first-order valence-electron chi connectivity index (χ1n) is 10.5. The van der Waals surface area contributed by atoms with E-state index in [0.717, 1.165) is 29.0 Å². The first kappa shape index (κ1) is 20.8. The molecule has 3 aromatic heterocycles. The fourth-order valence-corrected chi connectivity index (χ4v) is 3.94. The molecule has 31 heavy (non-hydrogen) atoms. The highest BCUT2D eigenvalue weighted by atomic mass is 16.2. The van der Waals surface area contributed by atoms with Crippen molar-refractivity contribution in [2.75, 3.05) is 18.0 Å². The molecule has 10 heteroatoms. The second-order valence-corrected chi connectivity index (χ2v) is 7.96. The van der Waals surface area contributed by atoms with Crippen molar-refractivity contribution in [1.29, 1.82) is 0 Å². The highest BCUT2D eigenvalue weighted by Gasteiger charge is 2.17. The van der Waals surface area contributed by atoms with Crippen LogP contribution in [0.25, 0.3) is 11.2 Å². The fourth-order valence-electron chi connectivity index (χ4n) is 3.94. The molecular weight excluding hydrogens is 398 g/mol. The summed E-state index contributed by atoms with van der Waals surface area (Å²) in [6.07, 6.45) is 8.12. The molecule has 4 rings (SSSR count). The lowest BCUT2D eigenvalue weighted by atomic mass is 10.2. The molecule has 1 saturated heterocycles. The molecule has 1 N–H and O–H groups in total. The number of anilines is 1. The predicted molar refractivity (Wildman–Crippen MR) is 117 cm³/mol. The second-order valence-electron chi connectivity index (χ2n) is 7.96. The molecule has 0 spiro atoms. The van der Waals surface area contributed by atoms with Gasteiger partial charge in [0.05, 0.1) is 6.33 Å². The third kappa shape index (κ3) is 4.23. The first-order chi connectivity index (χ1) is 15.0. The van der Waals surface area contributed by atoms with Crippen molar-refractivity contribution in [1.82, 2.24) is 29.0 Å². The number of hydrogen-bond donors (Lipinski definition) is 1. The Morgan fingerprint density at radius 1 is 1.06 bits per heavy atom. The molecule has 1 amide bonds. The average molecular weight is 425 g/mol. The number of nitrogens with one attached hydrogen (secondary N) is 1. The maximum Gasteiger partial charge on any atom is 0.332 e. The van der Waals surface area contributed by atoms with Crippen molar-refractivity contribution in [2.45, 2.75) is 38.8 Å². The van der Waals surface area contributed by atoms with E-state index in [9.17, 15) is 14.4 Å². The number of imidazole rings is 1. The topological polar surface area (TPSA) is 107 Å². The number of fused-ring (bicyclic) bond motifs is 1. The van der Waals surface area contributed by atoms with Crippen LogP contribution in [-0.2, 0) is 32.0 Å². The number of amides is 1. The summed E-state index contributed by atoms with van der Waals surface area (Å²) in [4.78, 5) is 48.6. The smallest absolute Gasteiger partial charge is 0.332 e. The summed E-state index contributed by atoms with van der Waals surface area (Å²) in [7, 11) is 3.21. The summed E-state index contributed by atoms with van der Waals surface area (Å²) in [5.74, 6) is 0.536. The van der Waals surface area contributed by atoms with Crippen LogP contribution >= 0.6 is 0 Å². The van der Waals surface area contributed by atoms with Gasteiger partial charge in [-0.1, -0.05) is 18.9 Å². The van der Waals surface area contributed by atoms with E-state index in [1.54, 1.807) is 17.8 Å². The third-order valence-electron chi connectivity index (χ3n) is 5.73. The SMILES string of the molecule is Cn1cnc2c1c(=O)n(CC(=O)NCc1ccc(N3CCCCCC3)nc1)c(=O)n2C. The molecule has 0 bridgehead atoms. The zero-order valence-electron chi connectivity index (χ0n) is 17.9. The molecule has 0 radical (unpaired) electrons. The van der Waals surface area contributed by atoms with Gasteiger partial charge in [-0.15, -0.1) is 0 Å². The minimum absolute atomic E-state index is 0.273. The Hall–Kier alpha value is -3.43. The first-order valence-corrected chi connectivity index (χ1v) is 10.5. The quantitative estimate of drug-likeness (QED) is 0.639. The van der Waals surface area contributed by atoms with Crippen LogP contribution in [0, 0.1) is 0 Å². The lowest BCUT2D eigenvalue weighted by Gasteiger charge is -2.21. The molecule has 1 aliphatic heterocycles. The van der Waals surface area contributed by atoms with Gasteiger partial charge in [-0.2, -0.15) is 0 Å². The molecule has 0 unspecified atom stereocenters. The molecule has 0 aliphatic carbocycles. The molecule has 164 valence electrons. The summed E-state index contributed by atoms with van der Waals surface area (Å²) in [6, 6.07) is 3.92. The normalized spacial score (nSPS) is 14.6. The minimum Gasteiger partial charge on any atom is -0.357 e. The summed E-state index contributed by atoms with van der Waals surface area (Å²) in [5, 5.41) is 2.76. The van der Waals surface area contributed by atoms with Crippen LogP contribution in [0.3, 0.4) is 0 Å². The summed E-state index contributed by atoms with van der Waals surface area (Å²) < 4.78 is 3.75. The maximum atomic E-state index is 12.7. The Kier molecular flexibility index (Phi) is 5.88. The van der Waals surface area contributed by atoms with Crippen molar-refractivity contribution >= 4 is 22.9 Å². The molecule has 0 atom stereocenters. The Bertz CT molecular complexity index is 1200. The van der Waals surface area contributed by atoms with E-state index in [0.29, 0.717) is 5.65 Å². The number of rotatable bonds is 5. The van der Waals surface area contributed by atoms with Crippen LogP contribution in [0.1, 0.15) is 31.2 Å². The van der Waals surface area contributed by atoms with Gasteiger partial charge in [-0.25, -0.2) is 19.3 Å². The molecule has 1 aliphatic rings. The van der Waals surface area contributed by atoms with Crippen molar-refractivity contribution < 1.29 is 4.79 Å². The van der Waals surface area contributed by atoms with E-state index in [-0.39, 0.29) is 18.6 Å². The molecule has 1 fully saturated rings. The van der Waals surface area contributed by atoms with Gasteiger partial charge in [0.15, 0.2) is 11.2 Å².